The summed E-state index contributed by atoms with van der Waals surface area (Å²) in [5, 5.41) is 13.9. The molecule has 0 spiro atoms. The number of para-hydroxylation sites is 1. The highest BCUT2D eigenvalue weighted by atomic mass is 19.1. The van der Waals surface area contributed by atoms with Crippen LogP contribution in [0.1, 0.15) is 29.7 Å². The van der Waals surface area contributed by atoms with Gasteiger partial charge in [-0.15, -0.1) is 0 Å². The van der Waals surface area contributed by atoms with Crippen LogP contribution in [0.15, 0.2) is 36.4 Å². The predicted molar refractivity (Wildman–Crippen MR) is 81.0 cm³/mol. The van der Waals surface area contributed by atoms with E-state index >= 15 is 0 Å². The number of halogens is 1. The topological polar surface area (TPSA) is 55.2 Å². The van der Waals surface area contributed by atoms with Crippen LogP contribution < -0.4 is 5.32 Å². The number of nitrogens with one attached hydrogen (secondary N) is 1. The number of nitro benzene ring substituents is 1. The van der Waals surface area contributed by atoms with E-state index in [-0.39, 0.29) is 17.4 Å². The second kappa shape index (κ2) is 5.91. The molecule has 0 saturated carbocycles. The van der Waals surface area contributed by atoms with Gasteiger partial charge in [0.1, 0.15) is 5.69 Å². The quantitative estimate of drug-likeness (QED) is 0.664. The zero-order valence-corrected chi connectivity index (χ0v) is 12.2. The van der Waals surface area contributed by atoms with Gasteiger partial charge in [-0.05, 0) is 38.0 Å². The van der Waals surface area contributed by atoms with Gasteiger partial charge in [0.05, 0.1) is 4.92 Å². The Labute approximate surface area is 122 Å². The van der Waals surface area contributed by atoms with Crippen LogP contribution in [0, 0.1) is 29.8 Å². The second-order valence-corrected chi connectivity index (χ2v) is 5.12. The number of hydrogen-bond donors (Lipinski definition) is 1. The molecule has 1 unspecified atom stereocenters. The molecule has 0 amide bonds. The second-order valence-electron chi connectivity index (χ2n) is 5.12. The fourth-order valence-electron chi connectivity index (χ4n) is 2.41. The number of nitro groups is 1. The molecule has 0 aliphatic carbocycles. The van der Waals surface area contributed by atoms with Crippen molar-refractivity contribution in [2.75, 3.05) is 5.32 Å². The maximum Gasteiger partial charge on any atom is 0.295 e. The van der Waals surface area contributed by atoms with Crippen molar-refractivity contribution in [1.82, 2.24) is 0 Å². The smallest absolute Gasteiger partial charge is 0.295 e. The Kier molecular flexibility index (Phi) is 4.21. The number of anilines is 1. The number of nitrogens with zero attached hydrogens (tertiary/aromatic N) is 1. The molecule has 4 nitrogen and oxygen atoms in total. The maximum atomic E-state index is 13.9. The molecule has 0 bridgehead atoms. The SMILES string of the molecule is Cc1ccc(C(C)Nc2c(F)cccc2[N+](=O)[O-])c(C)c1. The largest absolute Gasteiger partial charge is 0.371 e. The number of aryl methyl sites for hydroxylation is 2. The fourth-order valence-corrected chi connectivity index (χ4v) is 2.41. The van der Waals surface area contributed by atoms with Crippen molar-refractivity contribution >= 4 is 11.4 Å². The first-order chi connectivity index (χ1) is 9.90. The molecule has 0 saturated heterocycles. The summed E-state index contributed by atoms with van der Waals surface area (Å²) in [6.45, 7) is 5.82. The molecule has 21 heavy (non-hydrogen) atoms. The summed E-state index contributed by atoms with van der Waals surface area (Å²) in [6, 6.07) is 9.56. The van der Waals surface area contributed by atoms with Gasteiger partial charge in [0, 0.05) is 12.1 Å². The van der Waals surface area contributed by atoms with Crippen molar-refractivity contribution in [3.05, 3.63) is 69.0 Å². The lowest BCUT2D eigenvalue weighted by molar-refractivity contribution is -0.384. The minimum Gasteiger partial charge on any atom is -0.371 e. The van der Waals surface area contributed by atoms with E-state index in [0.717, 1.165) is 16.7 Å². The van der Waals surface area contributed by atoms with Gasteiger partial charge in [0.15, 0.2) is 5.82 Å². The first-order valence-electron chi connectivity index (χ1n) is 6.66. The Bertz CT molecular complexity index is 686. The van der Waals surface area contributed by atoms with E-state index in [1.807, 2.05) is 39.0 Å². The molecule has 0 fully saturated rings. The van der Waals surface area contributed by atoms with Crippen LogP contribution in [0.4, 0.5) is 15.8 Å². The van der Waals surface area contributed by atoms with Gasteiger partial charge < -0.3 is 5.32 Å². The molecule has 1 N–H and O–H groups in total. The highest BCUT2D eigenvalue weighted by Gasteiger charge is 2.20. The normalized spacial score (nSPS) is 12.0. The predicted octanol–water partition coefficient (Wildman–Crippen LogP) is 4.52. The third kappa shape index (κ3) is 3.18. The molecule has 0 radical (unpaired) electrons. The fraction of sp³-hybridized carbons (Fsp3) is 0.250. The van der Waals surface area contributed by atoms with E-state index in [1.165, 1.54) is 18.2 Å². The lowest BCUT2D eigenvalue weighted by atomic mass is 10.00. The van der Waals surface area contributed by atoms with Crippen LogP contribution in [0.3, 0.4) is 0 Å². The summed E-state index contributed by atoms with van der Waals surface area (Å²) in [4.78, 5) is 10.4. The van der Waals surface area contributed by atoms with Crippen LogP contribution in [0.5, 0.6) is 0 Å². The average molecular weight is 288 g/mol. The molecule has 0 aliphatic rings. The minimum absolute atomic E-state index is 0.0741. The van der Waals surface area contributed by atoms with E-state index in [9.17, 15) is 14.5 Å². The first kappa shape index (κ1) is 15.0. The molecule has 2 aromatic rings. The molecular formula is C16H17FN2O2. The van der Waals surface area contributed by atoms with Crippen molar-refractivity contribution in [3.63, 3.8) is 0 Å². The summed E-state index contributed by atoms with van der Waals surface area (Å²) < 4.78 is 13.9. The van der Waals surface area contributed by atoms with Gasteiger partial charge in [-0.3, -0.25) is 10.1 Å². The molecule has 2 aromatic carbocycles. The van der Waals surface area contributed by atoms with Crippen LogP contribution in [0.25, 0.3) is 0 Å². The van der Waals surface area contributed by atoms with Crippen molar-refractivity contribution in [1.29, 1.82) is 0 Å². The minimum atomic E-state index is -0.624. The Hall–Kier alpha value is -2.43. The highest BCUT2D eigenvalue weighted by Crippen LogP contribution is 2.31. The van der Waals surface area contributed by atoms with E-state index < -0.39 is 10.7 Å². The summed E-state index contributed by atoms with van der Waals surface area (Å²) in [5.41, 5.74) is 2.86. The Morgan fingerprint density at radius 2 is 1.95 bits per heavy atom. The Balaban J connectivity index is 2.36. The van der Waals surface area contributed by atoms with Crippen molar-refractivity contribution in [3.8, 4) is 0 Å². The van der Waals surface area contributed by atoms with Crippen LogP contribution in [-0.4, -0.2) is 4.92 Å². The van der Waals surface area contributed by atoms with Crippen LogP contribution >= 0.6 is 0 Å². The van der Waals surface area contributed by atoms with Gasteiger partial charge in [-0.25, -0.2) is 4.39 Å². The lowest BCUT2D eigenvalue weighted by Crippen LogP contribution is -2.11. The number of benzene rings is 2. The lowest BCUT2D eigenvalue weighted by Gasteiger charge is -2.18. The first-order valence-corrected chi connectivity index (χ1v) is 6.66. The summed E-state index contributed by atoms with van der Waals surface area (Å²) in [7, 11) is 0. The van der Waals surface area contributed by atoms with Gasteiger partial charge in [-0.2, -0.15) is 0 Å². The van der Waals surface area contributed by atoms with Gasteiger partial charge in [0.25, 0.3) is 5.69 Å². The van der Waals surface area contributed by atoms with E-state index in [0.29, 0.717) is 0 Å². The molecule has 0 aromatic heterocycles. The molecular weight excluding hydrogens is 271 g/mol. The zero-order valence-electron chi connectivity index (χ0n) is 12.2. The highest BCUT2D eigenvalue weighted by molar-refractivity contribution is 5.63. The van der Waals surface area contributed by atoms with E-state index in [4.69, 9.17) is 0 Å². The van der Waals surface area contributed by atoms with Crippen LogP contribution in [-0.2, 0) is 0 Å². The maximum absolute atomic E-state index is 13.9. The van der Waals surface area contributed by atoms with E-state index in [1.54, 1.807) is 0 Å². The summed E-state index contributed by atoms with van der Waals surface area (Å²) >= 11 is 0. The van der Waals surface area contributed by atoms with Crippen LogP contribution in [0.2, 0.25) is 0 Å². The molecule has 2 rings (SSSR count). The molecule has 1 atom stereocenters. The Morgan fingerprint density at radius 3 is 2.57 bits per heavy atom. The van der Waals surface area contributed by atoms with Crippen molar-refractivity contribution < 1.29 is 9.31 Å². The molecule has 0 heterocycles. The molecule has 5 heteroatoms. The van der Waals surface area contributed by atoms with Crippen molar-refractivity contribution in [2.45, 2.75) is 26.8 Å². The third-order valence-corrected chi connectivity index (χ3v) is 3.44. The summed E-state index contributed by atoms with van der Waals surface area (Å²) in [5.74, 6) is -0.624. The van der Waals surface area contributed by atoms with Gasteiger partial charge >= 0.3 is 0 Å². The average Bonchev–Trinajstić information content (AvgIpc) is 2.40. The standard InChI is InChI=1S/C16H17FN2O2/c1-10-7-8-13(11(2)9-10)12(3)18-16-14(17)5-4-6-15(16)19(20)21/h4-9,12,18H,1-3H3. The monoisotopic (exact) mass is 288 g/mol. The van der Waals surface area contributed by atoms with Gasteiger partial charge in [0.2, 0.25) is 0 Å². The van der Waals surface area contributed by atoms with Gasteiger partial charge in [-0.1, -0.05) is 29.8 Å². The molecule has 110 valence electrons. The van der Waals surface area contributed by atoms with E-state index in [2.05, 4.69) is 5.32 Å². The summed E-state index contributed by atoms with van der Waals surface area (Å²) in [6.07, 6.45) is 0. The zero-order chi connectivity index (χ0) is 15.6. The van der Waals surface area contributed by atoms with Crippen molar-refractivity contribution in [2.24, 2.45) is 0 Å². The number of hydrogen-bond acceptors (Lipinski definition) is 3. The molecule has 0 aliphatic heterocycles. The number of rotatable bonds is 4. The third-order valence-electron chi connectivity index (χ3n) is 3.44. The Morgan fingerprint density at radius 1 is 1.24 bits per heavy atom.